The molecule has 3 aromatic rings. The van der Waals surface area contributed by atoms with Crippen LogP contribution < -0.4 is 9.47 Å². The minimum atomic E-state index is -1.10. The van der Waals surface area contributed by atoms with E-state index in [1.165, 1.54) is 0 Å². The molecule has 0 saturated carbocycles. The van der Waals surface area contributed by atoms with Crippen molar-refractivity contribution in [2.24, 2.45) is 0 Å². The van der Waals surface area contributed by atoms with E-state index >= 15 is 0 Å². The minimum absolute atomic E-state index is 0.395. The van der Waals surface area contributed by atoms with Gasteiger partial charge in [-0.05, 0) is 48.0 Å². The van der Waals surface area contributed by atoms with Gasteiger partial charge in [0.15, 0.2) is 12.4 Å². The Balaban J connectivity index is 1.38. The lowest BCUT2D eigenvalue weighted by molar-refractivity contribution is -0.113. The van der Waals surface area contributed by atoms with Crippen molar-refractivity contribution in [3.63, 3.8) is 0 Å². The highest BCUT2D eigenvalue weighted by atomic mass is 28.3. The summed E-state index contributed by atoms with van der Waals surface area (Å²) in [6.45, 7) is 8.24. The van der Waals surface area contributed by atoms with Crippen LogP contribution in [0.5, 0.6) is 17.2 Å². The molecule has 0 N–H and O–H groups in total. The molecule has 1 unspecified atom stereocenters. The average molecular weight is 437 g/mol. The molecule has 1 aromatic heterocycles. The maximum absolute atomic E-state index is 10.9. The highest BCUT2D eigenvalue weighted by Gasteiger charge is 2.22. The molecule has 4 rings (SSSR count). The van der Waals surface area contributed by atoms with Gasteiger partial charge in [0.1, 0.15) is 24.0 Å². The minimum Gasteiger partial charge on any atom is -0.482 e. The Labute approximate surface area is 183 Å². The lowest BCUT2D eigenvalue weighted by Gasteiger charge is -2.16. The Morgan fingerprint density at radius 1 is 1.13 bits per heavy atom. The SMILES string of the molecule is C[Si](C)(C)CCOCn1nccc1-c1ccc(Oc2ccc3c(c2)OC(C=O)C3)cc1. The molecule has 162 valence electrons. The van der Waals surface area contributed by atoms with Crippen molar-refractivity contribution in [2.45, 2.75) is 44.9 Å². The third kappa shape index (κ3) is 5.42. The molecule has 1 aliphatic rings. The van der Waals surface area contributed by atoms with E-state index in [-0.39, 0.29) is 0 Å². The summed E-state index contributed by atoms with van der Waals surface area (Å²) < 4.78 is 19.3. The van der Waals surface area contributed by atoms with E-state index in [1.54, 1.807) is 6.20 Å². The van der Waals surface area contributed by atoms with Gasteiger partial charge in [0, 0.05) is 38.9 Å². The molecule has 0 bridgehead atoms. The van der Waals surface area contributed by atoms with E-state index in [0.717, 1.165) is 41.5 Å². The summed E-state index contributed by atoms with van der Waals surface area (Å²) in [4.78, 5) is 10.9. The van der Waals surface area contributed by atoms with Crippen LogP contribution >= 0.6 is 0 Å². The summed E-state index contributed by atoms with van der Waals surface area (Å²) >= 11 is 0. The first kappa shape index (κ1) is 21.3. The fourth-order valence-corrected chi connectivity index (χ4v) is 4.17. The molecular formula is C24H28N2O4Si. The van der Waals surface area contributed by atoms with Crippen molar-refractivity contribution in [1.29, 1.82) is 0 Å². The van der Waals surface area contributed by atoms with E-state index in [0.29, 0.717) is 24.7 Å². The number of hydrogen-bond acceptors (Lipinski definition) is 5. The lowest BCUT2D eigenvalue weighted by Crippen LogP contribution is -2.22. The smallest absolute Gasteiger partial charge is 0.160 e. The van der Waals surface area contributed by atoms with Crippen molar-refractivity contribution in [3.8, 4) is 28.5 Å². The molecule has 7 heteroatoms. The predicted octanol–water partition coefficient (Wildman–Crippen LogP) is 5.16. The summed E-state index contributed by atoms with van der Waals surface area (Å²) in [5.74, 6) is 2.12. The van der Waals surface area contributed by atoms with Crippen LogP contribution in [0.25, 0.3) is 11.3 Å². The second-order valence-corrected chi connectivity index (χ2v) is 14.6. The average Bonchev–Trinajstić information content (AvgIpc) is 3.37. The van der Waals surface area contributed by atoms with Gasteiger partial charge in [-0.15, -0.1) is 0 Å². The van der Waals surface area contributed by atoms with E-state index < -0.39 is 14.2 Å². The molecule has 2 heterocycles. The lowest BCUT2D eigenvalue weighted by atomic mass is 10.1. The van der Waals surface area contributed by atoms with Crippen LogP contribution in [0, 0.1) is 0 Å². The van der Waals surface area contributed by atoms with E-state index in [2.05, 4.69) is 24.7 Å². The zero-order valence-electron chi connectivity index (χ0n) is 18.2. The van der Waals surface area contributed by atoms with Gasteiger partial charge >= 0.3 is 0 Å². The number of carbonyl (C=O) groups excluding carboxylic acids is 1. The first-order chi connectivity index (χ1) is 14.9. The Kier molecular flexibility index (Phi) is 6.24. The Morgan fingerprint density at radius 3 is 2.65 bits per heavy atom. The van der Waals surface area contributed by atoms with Gasteiger partial charge < -0.3 is 14.2 Å². The topological polar surface area (TPSA) is 62.6 Å². The number of ether oxygens (including phenoxy) is 3. The summed E-state index contributed by atoms with van der Waals surface area (Å²) in [7, 11) is -1.10. The number of benzene rings is 2. The summed E-state index contributed by atoms with van der Waals surface area (Å²) in [5, 5.41) is 4.40. The van der Waals surface area contributed by atoms with Gasteiger partial charge in [0.05, 0.1) is 5.69 Å². The maximum Gasteiger partial charge on any atom is 0.160 e. The monoisotopic (exact) mass is 436 g/mol. The normalized spacial score (nSPS) is 15.4. The van der Waals surface area contributed by atoms with Crippen LogP contribution in [0.3, 0.4) is 0 Å². The van der Waals surface area contributed by atoms with E-state index in [4.69, 9.17) is 14.2 Å². The van der Waals surface area contributed by atoms with Crippen molar-refractivity contribution in [1.82, 2.24) is 9.78 Å². The fraction of sp³-hybridized carbons (Fsp3) is 0.333. The van der Waals surface area contributed by atoms with Gasteiger partial charge in [0.2, 0.25) is 0 Å². The molecule has 0 amide bonds. The van der Waals surface area contributed by atoms with Gasteiger partial charge in [-0.2, -0.15) is 5.10 Å². The van der Waals surface area contributed by atoms with E-state index in [9.17, 15) is 4.79 Å². The molecule has 0 fully saturated rings. The fourth-order valence-electron chi connectivity index (χ4n) is 3.41. The first-order valence-electron chi connectivity index (χ1n) is 10.5. The molecule has 1 aliphatic heterocycles. The number of aromatic nitrogens is 2. The Bertz CT molecular complexity index is 1040. The number of hydrogen-bond donors (Lipinski definition) is 0. The molecule has 0 radical (unpaired) electrons. The molecule has 0 spiro atoms. The largest absolute Gasteiger partial charge is 0.482 e. The van der Waals surface area contributed by atoms with Crippen molar-refractivity contribution < 1.29 is 19.0 Å². The standard InChI is InChI=1S/C24H28N2O4Si/c1-31(2,3)13-12-28-17-26-23(10-11-25-26)18-4-7-20(8-5-18)29-21-9-6-19-14-22(16-27)30-24(19)15-21/h4-11,15-16,22H,12-14,17H2,1-3H3. The number of fused-ring (bicyclic) bond motifs is 1. The van der Waals surface area contributed by atoms with Gasteiger partial charge in [-0.3, -0.25) is 4.79 Å². The molecule has 0 aliphatic carbocycles. The highest BCUT2D eigenvalue weighted by Crippen LogP contribution is 2.34. The molecule has 2 aromatic carbocycles. The van der Waals surface area contributed by atoms with Crippen LogP contribution in [-0.2, 0) is 22.7 Å². The Hall–Kier alpha value is -2.90. The third-order valence-electron chi connectivity index (χ3n) is 5.20. The van der Waals surface area contributed by atoms with E-state index in [1.807, 2.05) is 53.2 Å². The second-order valence-electron chi connectivity index (χ2n) is 8.96. The van der Waals surface area contributed by atoms with Crippen LogP contribution in [0.4, 0.5) is 0 Å². The number of rotatable bonds is 9. The maximum atomic E-state index is 10.9. The predicted molar refractivity (Wildman–Crippen MR) is 122 cm³/mol. The van der Waals surface area contributed by atoms with Crippen LogP contribution in [0.2, 0.25) is 25.7 Å². The third-order valence-corrected chi connectivity index (χ3v) is 6.91. The summed E-state index contributed by atoms with van der Waals surface area (Å²) in [6.07, 6.45) is 2.84. The number of aldehydes is 1. The summed E-state index contributed by atoms with van der Waals surface area (Å²) in [6, 6.07) is 16.7. The molecule has 0 saturated heterocycles. The van der Waals surface area contributed by atoms with Crippen molar-refractivity contribution in [3.05, 3.63) is 60.3 Å². The molecule has 31 heavy (non-hydrogen) atoms. The van der Waals surface area contributed by atoms with Gasteiger partial charge in [0.25, 0.3) is 0 Å². The molecule has 6 nitrogen and oxygen atoms in total. The van der Waals surface area contributed by atoms with Crippen molar-refractivity contribution >= 4 is 14.4 Å². The first-order valence-corrected chi connectivity index (χ1v) is 14.2. The van der Waals surface area contributed by atoms with Crippen LogP contribution in [-0.4, -0.2) is 36.9 Å². The molecule has 1 atom stereocenters. The van der Waals surface area contributed by atoms with Gasteiger partial charge in [-0.25, -0.2) is 4.68 Å². The quantitative estimate of drug-likeness (QED) is 0.263. The second kappa shape index (κ2) is 9.07. The zero-order valence-corrected chi connectivity index (χ0v) is 19.2. The molecular weight excluding hydrogens is 408 g/mol. The van der Waals surface area contributed by atoms with Crippen molar-refractivity contribution in [2.75, 3.05) is 6.61 Å². The highest BCUT2D eigenvalue weighted by molar-refractivity contribution is 6.76. The van der Waals surface area contributed by atoms with Gasteiger partial charge in [-0.1, -0.05) is 25.7 Å². The Morgan fingerprint density at radius 2 is 1.90 bits per heavy atom. The number of nitrogens with zero attached hydrogens (tertiary/aromatic N) is 2. The van der Waals surface area contributed by atoms with Crippen LogP contribution in [0.15, 0.2) is 54.7 Å². The zero-order chi connectivity index (χ0) is 21.8. The number of carbonyl (C=O) groups is 1. The summed E-state index contributed by atoms with van der Waals surface area (Å²) in [5.41, 5.74) is 3.08. The van der Waals surface area contributed by atoms with Crippen LogP contribution in [0.1, 0.15) is 5.56 Å².